The maximum Gasteiger partial charge on any atom is 0.245 e. The van der Waals surface area contributed by atoms with Gasteiger partial charge >= 0.3 is 0 Å². The Bertz CT molecular complexity index is 657. The summed E-state index contributed by atoms with van der Waals surface area (Å²) in [5.41, 5.74) is 0. The number of halogens is 1. The average molecular weight is 331 g/mol. The van der Waals surface area contributed by atoms with Crippen molar-refractivity contribution in [2.45, 2.75) is 25.8 Å². The van der Waals surface area contributed by atoms with Gasteiger partial charge < -0.3 is 14.2 Å². The van der Waals surface area contributed by atoms with E-state index in [1.54, 1.807) is 24.7 Å². The quantitative estimate of drug-likeness (QED) is 0.846. The van der Waals surface area contributed by atoms with Gasteiger partial charge in [0.25, 0.3) is 0 Å². The summed E-state index contributed by atoms with van der Waals surface area (Å²) >= 11 is 0. The van der Waals surface area contributed by atoms with Gasteiger partial charge in [-0.3, -0.25) is 4.79 Å². The maximum atomic E-state index is 12.9. The normalized spacial score (nSPS) is 19.1. The number of rotatable bonds is 5. The molecule has 3 rings (SSSR count). The first kappa shape index (κ1) is 16.5. The van der Waals surface area contributed by atoms with Gasteiger partial charge in [0.15, 0.2) is 0 Å². The van der Waals surface area contributed by atoms with Gasteiger partial charge in [-0.25, -0.2) is 9.37 Å². The van der Waals surface area contributed by atoms with Crippen LogP contribution < -0.4 is 4.74 Å². The maximum absolute atomic E-state index is 12.9. The molecule has 1 aliphatic rings. The summed E-state index contributed by atoms with van der Waals surface area (Å²) in [4.78, 5) is 18.6. The van der Waals surface area contributed by atoms with Crippen molar-refractivity contribution in [3.05, 3.63) is 48.8 Å². The van der Waals surface area contributed by atoms with E-state index in [1.165, 1.54) is 12.1 Å². The minimum Gasteiger partial charge on any atom is -0.493 e. The van der Waals surface area contributed by atoms with Crippen molar-refractivity contribution in [3.8, 4) is 5.75 Å². The molecule has 0 N–H and O–H groups in total. The number of hydrogen-bond acceptors (Lipinski definition) is 3. The number of nitrogens with zero attached hydrogens (tertiary/aromatic N) is 3. The van der Waals surface area contributed by atoms with Crippen molar-refractivity contribution in [1.29, 1.82) is 0 Å². The number of amides is 1. The number of piperidine rings is 1. The van der Waals surface area contributed by atoms with Crippen molar-refractivity contribution in [2.24, 2.45) is 5.92 Å². The molecular weight excluding hydrogens is 309 g/mol. The number of carbonyl (C=O) groups is 1. The fourth-order valence-corrected chi connectivity index (χ4v) is 3.04. The molecule has 0 saturated carbocycles. The van der Waals surface area contributed by atoms with E-state index < -0.39 is 0 Å². The fourth-order valence-electron chi connectivity index (χ4n) is 3.04. The molecule has 2 aromatic rings. The van der Waals surface area contributed by atoms with Gasteiger partial charge in [-0.05, 0) is 44.0 Å². The zero-order chi connectivity index (χ0) is 16.9. The van der Waals surface area contributed by atoms with Gasteiger partial charge in [0.1, 0.15) is 17.6 Å². The van der Waals surface area contributed by atoms with E-state index in [2.05, 4.69) is 4.98 Å². The van der Waals surface area contributed by atoms with Gasteiger partial charge in [0.05, 0.1) is 12.9 Å². The summed E-state index contributed by atoms with van der Waals surface area (Å²) in [6.07, 6.45) is 7.16. The van der Waals surface area contributed by atoms with Crippen molar-refractivity contribution < 1.29 is 13.9 Å². The first-order valence-corrected chi connectivity index (χ1v) is 8.28. The lowest BCUT2D eigenvalue weighted by Gasteiger charge is -2.34. The Kier molecular flexibility index (Phi) is 5.13. The molecule has 0 radical (unpaired) electrons. The van der Waals surface area contributed by atoms with E-state index in [0.29, 0.717) is 24.8 Å². The molecule has 2 heterocycles. The Morgan fingerprint density at radius 2 is 2.21 bits per heavy atom. The molecule has 1 aromatic carbocycles. The predicted octanol–water partition coefficient (Wildman–Crippen LogP) is 2.90. The summed E-state index contributed by atoms with van der Waals surface area (Å²) in [5, 5.41) is 0. The smallest absolute Gasteiger partial charge is 0.245 e. The lowest BCUT2D eigenvalue weighted by molar-refractivity contribution is -0.136. The molecule has 128 valence electrons. The molecule has 0 bridgehead atoms. The summed E-state index contributed by atoms with van der Waals surface area (Å²) in [6, 6.07) is 5.78. The minimum atomic E-state index is -0.273. The van der Waals surface area contributed by atoms with Crippen LogP contribution >= 0.6 is 0 Å². The number of hydrogen-bond donors (Lipinski definition) is 0. The average Bonchev–Trinajstić information content (AvgIpc) is 3.15. The summed E-state index contributed by atoms with van der Waals surface area (Å²) < 4.78 is 20.5. The third-order valence-electron chi connectivity index (χ3n) is 4.46. The molecule has 1 fully saturated rings. The molecule has 1 saturated heterocycles. The zero-order valence-electron chi connectivity index (χ0n) is 13.8. The molecule has 0 aliphatic carbocycles. The summed E-state index contributed by atoms with van der Waals surface area (Å²) in [6.45, 7) is 3.90. The van der Waals surface area contributed by atoms with Crippen LogP contribution in [0.5, 0.6) is 5.75 Å². The summed E-state index contributed by atoms with van der Waals surface area (Å²) in [7, 11) is 0. The third kappa shape index (κ3) is 3.93. The number of imidazole rings is 1. The van der Waals surface area contributed by atoms with Crippen LogP contribution in [0.2, 0.25) is 0 Å². The van der Waals surface area contributed by atoms with E-state index in [9.17, 15) is 9.18 Å². The SMILES string of the molecule is C[C@@H](C(=O)N1CCC[C@H](COc2ccc(F)cc2)C1)n1ccnc1. The van der Waals surface area contributed by atoms with Crippen LogP contribution in [0.4, 0.5) is 4.39 Å². The molecule has 0 spiro atoms. The Morgan fingerprint density at radius 1 is 1.42 bits per heavy atom. The molecule has 2 atom stereocenters. The van der Waals surface area contributed by atoms with Crippen LogP contribution in [0, 0.1) is 11.7 Å². The molecule has 6 heteroatoms. The van der Waals surface area contributed by atoms with Crippen LogP contribution in [0.3, 0.4) is 0 Å². The Labute approximate surface area is 141 Å². The second-order valence-electron chi connectivity index (χ2n) is 6.24. The van der Waals surface area contributed by atoms with Crippen LogP contribution in [-0.4, -0.2) is 40.1 Å². The minimum absolute atomic E-state index is 0.111. The zero-order valence-corrected chi connectivity index (χ0v) is 13.8. The Balaban J connectivity index is 1.54. The molecule has 5 nitrogen and oxygen atoms in total. The largest absolute Gasteiger partial charge is 0.493 e. The number of benzene rings is 1. The van der Waals surface area contributed by atoms with Gasteiger partial charge in [-0.2, -0.15) is 0 Å². The van der Waals surface area contributed by atoms with E-state index >= 15 is 0 Å². The topological polar surface area (TPSA) is 47.4 Å². The van der Waals surface area contributed by atoms with E-state index in [4.69, 9.17) is 4.74 Å². The van der Waals surface area contributed by atoms with Crippen LogP contribution in [0.25, 0.3) is 0 Å². The van der Waals surface area contributed by atoms with Crippen LogP contribution in [0.15, 0.2) is 43.0 Å². The molecule has 1 aliphatic heterocycles. The first-order valence-electron chi connectivity index (χ1n) is 8.28. The summed E-state index contributed by atoms with van der Waals surface area (Å²) in [5.74, 6) is 0.791. The molecule has 0 unspecified atom stereocenters. The van der Waals surface area contributed by atoms with E-state index in [1.807, 2.05) is 22.6 Å². The van der Waals surface area contributed by atoms with Crippen molar-refractivity contribution in [3.63, 3.8) is 0 Å². The Hall–Kier alpha value is -2.37. The Morgan fingerprint density at radius 3 is 2.92 bits per heavy atom. The lowest BCUT2D eigenvalue weighted by atomic mass is 9.98. The number of aromatic nitrogens is 2. The fraction of sp³-hybridized carbons (Fsp3) is 0.444. The van der Waals surface area contributed by atoms with Crippen molar-refractivity contribution in [1.82, 2.24) is 14.5 Å². The number of likely N-dealkylation sites (tertiary alicyclic amines) is 1. The molecule has 1 aromatic heterocycles. The number of carbonyl (C=O) groups excluding carboxylic acids is 1. The predicted molar refractivity (Wildman–Crippen MR) is 88.1 cm³/mol. The third-order valence-corrected chi connectivity index (χ3v) is 4.46. The highest BCUT2D eigenvalue weighted by Crippen LogP contribution is 2.21. The second kappa shape index (κ2) is 7.47. The van der Waals surface area contributed by atoms with Crippen molar-refractivity contribution in [2.75, 3.05) is 19.7 Å². The highest BCUT2D eigenvalue weighted by molar-refractivity contribution is 5.80. The van der Waals surface area contributed by atoms with Gasteiger partial charge in [-0.15, -0.1) is 0 Å². The molecular formula is C18H22FN3O2. The van der Waals surface area contributed by atoms with E-state index in [-0.39, 0.29) is 17.8 Å². The van der Waals surface area contributed by atoms with Crippen LogP contribution in [-0.2, 0) is 4.79 Å². The van der Waals surface area contributed by atoms with Gasteiger partial charge in [-0.1, -0.05) is 0 Å². The molecule has 24 heavy (non-hydrogen) atoms. The number of ether oxygens (including phenoxy) is 1. The first-order chi connectivity index (χ1) is 11.6. The highest BCUT2D eigenvalue weighted by Gasteiger charge is 2.27. The van der Waals surface area contributed by atoms with Gasteiger partial charge in [0.2, 0.25) is 5.91 Å². The van der Waals surface area contributed by atoms with Crippen LogP contribution in [0.1, 0.15) is 25.8 Å². The lowest BCUT2D eigenvalue weighted by Crippen LogP contribution is -2.44. The monoisotopic (exact) mass is 331 g/mol. The molecule has 1 amide bonds. The van der Waals surface area contributed by atoms with Crippen molar-refractivity contribution >= 4 is 5.91 Å². The highest BCUT2D eigenvalue weighted by atomic mass is 19.1. The van der Waals surface area contributed by atoms with Gasteiger partial charge in [0, 0.05) is 31.4 Å². The standard InChI is InChI=1S/C18H22FN3O2/c1-14(22-10-8-20-13-22)18(23)21-9-2-3-15(11-21)12-24-17-6-4-16(19)5-7-17/h4-8,10,13-15H,2-3,9,11-12H2,1H3/t14-,15-/m0/s1. The van der Waals surface area contributed by atoms with E-state index in [0.717, 1.165) is 19.4 Å². The second-order valence-corrected chi connectivity index (χ2v) is 6.24.